The van der Waals surface area contributed by atoms with Crippen molar-refractivity contribution in [1.29, 1.82) is 0 Å². The molecular formula is C21H29N3O5. The molecule has 0 unspecified atom stereocenters. The number of anilines is 1. The Kier molecular flexibility index (Phi) is 5.23. The Morgan fingerprint density at radius 2 is 1.66 bits per heavy atom. The average Bonchev–Trinajstić information content (AvgIpc) is 2.96. The van der Waals surface area contributed by atoms with Crippen molar-refractivity contribution in [2.45, 2.75) is 51.7 Å². The number of aliphatic carboxylic acids is 1. The molecule has 2 fully saturated rings. The summed E-state index contributed by atoms with van der Waals surface area (Å²) in [7, 11) is 0. The fourth-order valence-electron chi connectivity index (χ4n) is 3.60. The summed E-state index contributed by atoms with van der Waals surface area (Å²) in [6, 6.07) is 6.87. The first-order valence-corrected chi connectivity index (χ1v) is 9.80. The first-order valence-electron chi connectivity index (χ1n) is 9.80. The van der Waals surface area contributed by atoms with Crippen molar-refractivity contribution in [1.82, 2.24) is 9.80 Å². The zero-order valence-corrected chi connectivity index (χ0v) is 17.6. The highest BCUT2D eigenvalue weighted by Gasteiger charge is 2.43. The number of carboxylic acid groups (broad SMARTS) is 1. The number of carbonyl (C=O) groups excluding carboxylic acids is 2. The molecule has 158 valence electrons. The molecule has 2 saturated heterocycles. The van der Waals surface area contributed by atoms with Gasteiger partial charge in [-0.15, -0.1) is 0 Å². The first-order chi connectivity index (χ1) is 13.4. The van der Waals surface area contributed by atoms with Gasteiger partial charge in [-0.3, -0.25) is 9.69 Å². The van der Waals surface area contributed by atoms with Gasteiger partial charge < -0.3 is 19.6 Å². The van der Waals surface area contributed by atoms with Crippen LogP contribution in [0.1, 0.15) is 40.2 Å². The van der Waals surface area contributed by atoms with E-state index < -0.39 is 17.0 Å². The van der Waals surface area contributed by atoms with Crippen molar-refractivity contribution in [3.63, 3.8) is 0 Å². The van der Waals surface area contributed by atoms with Crippen LogP contribution in [0.5, 0.6) is 0 Å². The van der Waals surface area contributed by atoms with Crippen molar-refractivity contribution in [2.75, 3.05) is 31.1 Å². The maximum absolute atomic E-state index is 12.9. The lowest BCUT2D eigenvalue weighted by atomic mass is 9.85. The van der Waals surface area contributed by atoms with Crippen LogP contribution in [0.25, 0.3) is 0 Å². The number of amides is 3. The monoisotopic (exact) mass is 403 g/mol. The molecule has 1 N–H and O–H groups in total. The van der Waals surface area contributed by atoms with Crippen LogP contribution in [0.4, 0.5) is 15.3 Å². The van der Waals surface area contributed by atoms with Crippen LogP contribution in [0.3, 0.4) is 0 Å². The van der Waals surface area contributed by atoms with Crippen LogP contribution in [0.15, 0.2) is 24.3 Å². The Bertz CT molecular complexity index is 813. The van der Waals surface area contributed by atoms with E-state index in [1.165, 1.54) is 0 Å². The van der Waals surface area contributed by atoms with Gasteiger partial charge in [0.1, 0.15) is 5.60 Å². The molecule has 0 aliphatic carbocycles. The highest BCUT2D eigenvalue weighted by atomic mass is 16.6. The molecule has 3 rings (SSSR count). The van der Waals surface area contributed by atoms with Gasteiger partial charge in [-0.2, -0.15) is 0 Å². The zero-order chi connectivity index (χ0) is 21.6. The Morgan fingerprint density at radius 1 is 1.03 bits per heavy atom. The SMILES string of the molecule is CC(C)(C)OC(=O)N1CCN2C(=O)N(c3ccc(C(C)(C)C(=O)O)cc3)C[C@@H]2C1. The molecule has 8 heteroatoms. The van der Waals surface area contributed by atoms with E-state index in [0.717, 1.165) is 5.69 Å². The van der Waals surface area contributed by atoms with Gasteiger partial charge in [0, 0.05) is 31.9 Å². The number of hydrogen-bond acceptors (Lipinski definition) is 4. The summed E-state index contributed by atoms with van der Waals surface area (Å²) >= 11 is 0. The highest BCUT2D eigenvalue weighted by molar-refractivity contribution is 5.95. The second-order valence-electron chi connectivity index (χ2n) is 9.14. The van der Waals surface area contributed by atoms with Crippen molar-refractivity contribution in [3.8, 4) is 0 Å². The Labute approximate surface area is 171 Å². The normalized spacial score (nSPS) is 20.0. The van der Waals surface area contributed by atoms with E-state index in [2.05, 4.69) is 0 Å². The largest absolute Gasteiger partial charge is 0.481 e. The second-order valence-corrected chi connectivity index (χ2v) is 9.14. The minimum absolute atomic E-state index is 0.0934. The predicted molar refractivity (Wildman–Crippen MR) is 108 cm³/mol. The summed E-state index contributed by atoms with van der Waals surface area (Å²) in [5.74, 6) is -0.901. The van der Waals surface area contributed by atoms with E-state index in [1.54, 1.807) is 52.8 Å². The Balaban J connectivity index is 1.71. The highest BCUT2D eigenvalue weighted by Crippen LogP contribution is 2.30. The van der Waals surface area contributed by atoms with E-state index in [-0.39, 0.29) is 18.2 Å². The fourth-order valence-corrected chi connectivity index (χ4v) is 3.60. The maximum Gasteiger partial charge on any atom is 0.410 e. The molecule has 2 aliphatic rings. The van der Waals surface area contributed by atoms with Crippen molar-refractivity contribution in [3.05, 3.63) is 29.8 Å². The quantitative estimate of drug-likeness (QED) is 0.838. The molecule has 1 atom stereocenters. The average molecular weight is 403 g/mol. The smallest absolute Gasteiger partial charge is 0.410 e. The molecule has 3 amide bonds. The third-order valence-electron chi connectivity index (χ3n) is 5.44. The molecule has 0 saturated carbocycles. The molecule has 1 aromatic rings. The number of carbonyl (C=O) groups is 3. The predicted octanol–water partition coefficient (Wildman–Crippen LogP) is 2.91. The lowest BCUT2D eigenvalue weighted by Gasteiger charge is -2.36. The van der Waals surface area contributed by atoms with Gasteiger partial charge in [0.05, 0.1) is 11.5 Å². The standard InChI is InChI=1S/C21H29N3O5/c1-20(2,3)29-19(28)22-10-11-23-16(12-22)13-24(18(23)27)15-8-6-14(7-9-15)21(4,5)17(25)26/h6-9,16H,10-13H2,1-5H3,(H,25,26)/t16-/m0/s1. The molecule has 0 bridgehead atoms. The topological polar surface area (TPSA) is 90.4 Å². The fraction of sp³-hybridized carbons (Fsp3) is 0.571. The number of ether oxygens (including phenoxy) is 1. The third-order valence-corrected chi connectivity index (χ3v) is 5.44. The van der Waals surface area contributed by atoms with Crippen LogP contribution in [0.2, 0.25) is 0 Å². The van der Waals surface area contributed by atoms with E-state index in [9.17, 15) is 19.5 Å². The number of carboxylic acids is 1. The Hall–Kier alpha value is -2.77. The summed E-state index contributed by atoms with van der Waals surface area (Å²) < 4.78 is 5.45. The van der Waals surface area contributed by atoms with Crippen molar-refractivity contribution >= 4 is 23.8 Å². The van der Waals surface area contributed by atoms with E-state index in [4.69, 9.17) is 4.74 Å². The summed E-state index contributed by atoms with van der Waals surface area (Å²) in [6.45, 7) is 10.6. The van der Waals surface area contributed by atoms with Gasteiger partial charge >= 0.3 is 18.1 Å². The number of urea groups is 1. The summed E-state index contributed by atoms with van der Waals surface area (Å²) in [5, 5.41) is 9.38. The van der Waals surface area contributed by atoms with Gasteiger partial charge in [0.15, 0.2) is 0 Å². The van der Waals surface area contributed by atoms with Crippen LogP contribution in [0, 0.1) is 0 Å². The molecule has 0 spiro atoms. The number of benzene rings is 1. The molecule has 1 aromatic carbocycles. The summed E-state index contributed by atoms with van der Waals surface area (Å²) in [6.07, 6.45) is -0.358. The zero-order valence-electron chi connectivity index (χ0n) is 17.6. The molecule has 2 aliphatic heterocycles. The molecule has 0 aromatic heterocycles. The minimum atomic E-state index is -1.00. The van der Waals surface area contributed by atoms with Gasteiger partial charge in [-0.1, -0.05) is 12.1 Å². The number of piperazine rings is 1. The molecule has 29 heavy (non-hydrogen) atoms. The molecule has 0 radical (unpaired) electrons. The lowest BCUT2D eigenvalue weighted by molar-refractivity contribution is -0.142. The van der Waals surface area contributed by atoms with E-state index in [1.807, 2.05) is 20.8 Å². The molecular weight excluding hydrogens is 374 g/mol. The van der Waals surface area contributed by atoms with Gasteiger partial charge in [0.2, 0.25) is 0 Å². The van der Waals surface area contributed by atoms with Crippen molar-refractivity contribution < 1.29 is 24.2 Å². The van der Waals surface area contributed by atoms with Crippen LogP contribution in [-0.4, -0.2) is 70.8 Å². The van der Waals surface area contributed by atoms with Crippen LogP contribution < -0.4 is 4.90 Å². The van der Waals surface area contributed by atoms with Gasteiger partial charge in [0.25, 0.3) is 0 Å². The first kappa shape index (κ1) is 21.0. The maximum atomic E-state index is 12.9. The number of rotatable bonds is 3. The summed E-state index contributed by atoms with van der Waals surface area (Å²) in [4.78, 5) is 41.8. The number of hydrogen-bond donors (Lipinski definition) is 1. The molecule has 2 heterocycles. The third kappa shape index (κ3) is 4.16. The Morgan fingerprint density at radius 3 is 2.21 bits per heavy atom. The van der Waals surface area contributed by atoms with Gasteiger partial charge in [-0.25, -0.2) is 9.59 Å². The number of fused-ring (bicyclic) bond motifs is 1. The molecule has 8 nitrogen and oxygen atoms in total. The van der Waals surface area contributed by atoms with Crippen LogP contribution in [-0.2, 0) is 14.9 Å². The minimum Gasteiger partial charge on any atom is -0.481 e. The van der Waals surface area contributed by atoms with Gasteiger partial charge in [-0.05, 0) is 52.3 Å². The van der Waals surface area contributed by atoms with Crippen molar-refractivity contribution in [2.24, 2.45) is 0 Å². The summed E-state index contributed by atoms with van der Waals surface area (Å²) in [5.41, 5.74) is -0.164. The van der Waals surface area contributed by atoms with E-state index >= 15 is 0 Å². The lowest BCUT2D eigenvalue weighted by Crippen LogP contribution is -2.54. The van der Waals surface area contributed by atoms with E-state index in [0.29, 0.717) is 31.7 Å². The second kappa shape index (κ2) is 7.24. The van der Waals surface area contributed by atoms with Crippen LogP contribution >= 0.6 is 0 Å². The number of nitrogens with zero attached hydrogens (tertiary/aromatic N) is 3.